The van der Waals surface area contributed by atoms with Gasteiger partial charge in [-0.2, -0.15) is 0 Å². The lowest BCUT2D eigenvalue weighted by Crippen LogP contribution is -2.29. The van der Waals surface area contributed by atoms with Gasteiger partial charge in [0.2, 0.25) is 0 Å². The summed E-state index contributed by atoms with van der Waals surface area (Å²) in [6, 6.07) is 2.07. The van der Waals surface area contributed by atoms with Gasteiger partial charge in [-0.05, 0) is 32.6 Å². The van der Waals surface area contributed by atoms with E-state index in [2.05, 4.69) is 47.0 Å². The van der Waals surface area contributed by atoms with Crippen LogP contribution in [0.15, 0.2) is 6.07 Å². The first-order chi connectivity index (χ1) is 8.47. The fourth-order valence-corrected chi connectivity index (χ4v) is 2.50. The van der Waals surface area contributed by atoms with Crippen molar-refractivity contribution in [3.63, 3.8) is 0 Å². The van der Waals surface area contributed by atoms with Crippen molar-refractivity contribution >= 4 is 32.6 Å². The minimum Gasteiger partial charge on any atom is -0.375 e. The molecule has 0 amide bonds. The van der Waals surface area contributed by atoms with Gasteiger partial charge in [-0.15, -0.1) is 0 Å². The lowest BCUT2D eigenvalue weighted by molar-refractivity contribution is 0.416. The molecule has 98 valence electrons. The lowest BCUT2D eigenvalue weighted by Gasteiger charge is -2.20. The van der Waals surface area contributed by atoms with Crippen LogP contribution in [0.25, 0.3) is 10.3 Å². The number of rotatable bonds is 4. The molecule has 0 fully saturated rings. The number of pyridine rings is 1. The standard InChI is InChI=1S/C12H19N5S/c1-8-7-9(17(4)6-5-16(2)3)14-11-10(8)15-12(13)18-11/h7H,5-6H2,1-4H3,(H2,13,15). The summed E-state index contributed by atoms with van der Waals surface area (Å²) < 4.78 is 0. The summed E-state index contributed by atoms with van der Waals surface area (Å²) in [4.78, 5) is 14.1. The second-order valence-corrected chi connectivity index (χ2v) is 5.74. The molecule has 0 aliphatic heterocycles. The monoisotopic (exact) mass is 265 g/mol. The molecule has 0 radical (unpaired) electrons. The van der Waals surface area contributed by atoms with E-state index in [4.69, 9.17) is 5.73 Å². The Morgan fingerprint density at radius 2 is 1.94 bits per heavy atom. The van der Waals surface area contributed by atoms with Crippen molar-refractivity contribution in [3.05, 3.63) is 11.6 Å². The number of anilines is 2. The van der Waals surface area contributed by atoms with E-state index in [9.17, 15) is 0 Å². The van der Waals surface area contributed by atoms with Gasteiger partial charge in [0.05, 0.1) is 0 Å². The molecular formula is C12H19N5S. The van der Waals surface area contributed by atoms with E-state index in [0.29, 0.717) is 5.13 Å². The van der Waals surface area contributed by atoms with Gasteiger partial charge in [0.15, 0.2) is 5.13 Å². The molecule has 0 bridgehead atoms. The Morgan fingerprint density at radius 3 is 2.61 bits per heavy atom. The summed E-state index contributed by atoms with van der Waals surface area (Å²) in [6.07, 6.45) is 0. The van der Waals surface area contributed by atoms with Crippen molar-refractivity contribution in [1.82, 2.24) is 14.9 Å². The summed E-state index contributed by atoms with van der Waals surface area (Å²) >= 11 is 1.44. The van der Waals surface area contributed by atoms with Crippen LogP contribution in [0.2, 0.25) is 0 Å². The van der Waals surface area contributed by atoms with Crippen molar-refractivity contribution in [3.8, 4) is 0 Å². The molecule has 0 saturated heterocycles. The molecule has 0 spiro atoms. The minimum absolute atomic E-state index is 0.577. The number of fused-ring (bicyclic) bond motifs is 1. The molecule has 5 nitrogen and oxygen atoms in total. The number of aromatic nitrogens is 2. The summed E-state index contributed by atoms with van der Waals surface area (Å²) in [5.74, 6) is 0.977. The number of nitrogen functional groups attached to an aromatic ring is 1. The van der Waals surface area contributed by atoms with Gasteiger partial charge in [0.1, 0.15) is 16.2 Å². The summed E-state index contributed by atoms with van der Waals surface area (Å²) in [5.41, 5.74) is 7.77. The number of nitrogens with zero attached hydrogens (tertiary/aromatic N) is 4. The predicted octanol–water partition coefficient (Wildman–Crippen LogP) is 1.58. The van der Waals surface area contributed by atoms with E-state index in [0.717, 1.165) is 34.8 Å². The molecular weight excluding hydrogens is 246 g/mol. The highest BCUT2D eigenvalue weighted by molar-refractivity contribution is 7.21. The minimum atomic E-state index is 0.577. The molecule has 18 heavy (non-hydrogen) atoms. The van der Waals surface area contributed by atoms with Crippen molar-refractivity contribution in [1.29, 1.82) is 0 Å². The maximum Gasteiger partial charge on any atom is 0.182 e. The number of hydrogen-bond donors (Lipinski definition) is 1. The Morgan fingerprint density at radius 1 is 1.22 bits per heavy atom. The summed E-state index contributed by atoms with van der Waals surface area (Å²) in [6.45, 7) is 3.99. The first-order valence-corrected chi connectivity index (χ1v) is 6.68. The van der Waals surface area contributed by atoms with Crippen LogP contribution in [0.3, 0.4) is 0 Å². The summed E-state index contributed by atoms with van der Waals surface area (Å²) in [5, 5.41) is 0.577. The van der Waals surface area contributed by atoms with Crippen LogP contribution in [0, 0.1) is 6.92 Å². The molecule has 6 heteroatoms. The van der Waals surface area contributed by atoms with Gasteiger partial charge in [-0.3, -0.25) is 0 Å². The summed E-state index contributed by atoms with van der Waals surface area (Å²) in [7, 11) is 6.20. The fraction of sp³-hybridized carbons (Fsp3) is 0.500. The van der Waals surface area contributed by atoms with E-state index in [-0.39, 0.29) is 0 Å². The number of nitrogens with two attached hydrogens (primary N) is 1. The van der Waals surface area contributed by atoms with Gasteiger partial charge in [-0.1, -0.05) is 11.3 Å². The quantitative estimate of drug-likeness (QED) is 0.909. The zero-order chi connectivity index (χ0) is 13.3. The average Bonchev–Trinajstić information content (AvgIpc) is 2.67. The number of likely N-dealkylation sites (N-methyl/N-ethyl adjacent to an activating group) is 2. The Kier molecular flexibility index (Phi) is 3.68. The number of thiazole rings is 1. The van der Waals surface area contributed by atoms with Crippen molar-refractivity contribution < 1.29 is 0 Å². The van der Waals surface area contributed by atoms with Gasteiger partial charge in [-0.25, -0.2) is 9.97 Å². The highest BCUT2D eigenvalue weighted by atomic mass is 32.1. The molecule has 2 heterocycles. The molecule has 0 atom stereocenters. The van der Waals surface area contributed by atoms with Crippen LogP contribution in [0.4, 0.5) is 10.9 Å². The Bertz CT molecular complexity index is 549. The zero-order valence-electron chi connectivity index (χ0n) is 11.3. The first-order valence-electron chi connectivity index (χ1n) is 5.87. The Labute approximate surface area is 111 Å². The van der Waals surface area contributed by atoms with Crippen molar-refractivity contribution in [2.45, 2.75) is 6.92 Å². The highest BCUT2D eigenvalue weighted by Gasteiger charge is 2.10. The average molecular weight is 265 g/mol. The van der Waals surface area contributed by atoms with Gasteiger partial charge in [0, 0.05) is 20.1 Å². The SMILES string of the molecule is Cc1cc(N(C)CCN(C)C)nc2sc(N)nc12. The maximum absolute atomic E-state index is 5.73. The molecule has 2 N–H and O–H groups in total. The van der Waals surface area contributed by atoms with Crippen LogP contribution in [-0.4, -0.2) is 49.1 Å². The van der Waals surface area contributed by atoms with Gasteiger partial charge in [0.25, 0.3) is 0 Å². The molecule has 2 aromatic rings. The van der Waals surface area contributed by atoms with Gasteiger partial charge < -0.3 is 15.5 Å². The van der Waals surface area contributed by atoms with E-state index in [1.165, 1.54) is 11.3 Å². The van der Waals surface area contributed by atoms with E-state index in [1.807, 2.05) is 6.92 Å². The van der Waals surface area contributed by atoms with Gasteiger partial charge >= 0.3 is 0 Å². The molecule has 0 saturated carbocycles. The Hall–Kier alpha value is -1.40. The van der Waals surface area contributed by atoms with E-state index in [1.54, 1.807) is 0 Å². The van der Waals surface area contributed by atoms with E-state index >= 15 is 0 Å². The van der Waals surface area contributed by atoms with Crippen molar-refractivity contribution in [2.75, 3.05) is 44.9 Å². The van der Waals surface area contributed by atoms with Crippen LogP contribution in [0.5, 0.6) is 0 Å². The molecule has 2 rings (SSSR count). The van der Waals surface area contributed by atoms with Crippen LogP contribution in [0.1, 0.15) is 5.56 Å². The first kappa shape index (κ1) is 13.0. The lowest BCUT2D eigenvalue weighted by atomic mass is 10.2. The molecule has 0 aliphatic carbocycles. The predicted molar refractivity (Wildman–Crippen MR) is 78.4 cm³/mol. The molecule has 0 aromatic carbocycles. The topological polar surface area (TPSA) is 58.3 Å². The number of aryl methyl sites for hydroxylation is 1. The van der Waals surface area contributed by atoms with Crippen molar-refractivity contribution in [2.24, 2.45) is 0 Å². The van der Waals surface area contributed by atoms with Crippen LogP contribution < -0.4 is 10.6 Å². The molecule has 0 aliphatic rings. The normalized spacial score (nSPS) is 11.4. The highest BCUT2D eigenvalue weighted by Crippen LogP contribution is 2.27. The third-order valence-electron chi connectivity index (χ3n) is 2.83. The van der Waals surface area contributed by atoms with E-state index < -0.39 is 0 Å². The Balaban J connectivity index is 2.28. The third kappa shape index (κ3) is 2.70. The molecule has 0 unspecified atom stereocenters. The fourth-order valence-electron chi connectivity index (χ4n) is 1.72. The molecule has 2 aromatic heterocycles. The number of hydrogen-bond acceptors (Lipinski definition) is 6. The zero-order valence-corrected chi connectivity index (χ0v) is 12.1. The maximum atomic E-state index is 5.73. The van der Waals surface area contributed by atoms with Crippen LogP contribution >= 0.6 is 11.3 Å². The largest absolute Gasteiger partial charge is 0.375 e. The smallest absolute Gasteiger partial charge is 0.182 e. The second kappa shape index (κ2) is 5.07. The second-order valence-electron chi connectivity index (χ2n) is 4.73. The third-order valence-corrected chi connectivity index (χ3v) is 3.61. The van der Waals surface area contributed by atoms with Crippen LogP contribution in [-0.2, 0) is 0 Å².